The Bertz CT molecular complexity index is 524. The predicted octanol–water partition coefficient (Wildman–Crippen LogP) is -2.20. The molecule has 1 aromatic heterocycles. The van der Waals surface area contributed by atoms with E-state index in [9.17, 15) is 14.7 Å². The molecule has 8 nitrogen and oxygen atoms in total. The van der Waals surface area contributed by atoms with Crippen LogP contribution < -0.4 is 11.2 Å². The van der Waals surface area contributed by atoms with Gasteiger partial charge < -0.3 is 19.7 Å². The van der Waals surface area contributed by atoms with Crippen molar-refractivity contribution in [3.8, 4) is 0 Å². The first-order valence-electron chi connectivity index (χ1n) is 5.37. The Morgan fingerprint density at radius 1 is 1.56 bits per heavy atom. The van der Waals surface area contributed by atoms with Crippen molar-refractivity contribution in [1.29, 1.82) is 0 Å². The van der Waals surface area contributed by atoms with Crippen LogP contribution in [0, 0.1) is 0 Å². The first kappa shape index (κ1) is 13.0. The maximum Gasteiger partial charge on any atom is 0.330 e. The quantitative estimate of drug-likeness (QED) is 0.567. The van der Waals surface area contributed by atoms with E-state index in [2.05, 4.69) is 4.98 Å². The molecule has 3 N–H and O–H groups in total. The number of methoxy groups -OCH3 is 1. The number of aromatic nitrogens is 2. The number of nitrogens with zero attached hydrogens (tertiary/aromatic N) is 1. The summed E-state index contributed by atoms with van der Waals surface area (Å²) in [5.74, 6) is 0. The van der Waals surface area contributed by atoms with Crippen LogP contribution in [0.15, 0.2) is 21.9 Å². The van der Waals surface area contributed by atoms with Gasteiger partial charge in [-0.2, -0.15) is 0 Å². The van der Waals surface area contributed by atoms with Gasteiger partial charge in [0.2, 0.25) is 0 Å². The van der Waals surface area contributed by atoms with E-state index >= 15 is 0 Å². The number of aliphatic hydroxyl groups is 2. The fraction of sp³-hybridized carbons (Fsp3) is 0.600. The van der Waals surface area contributed by atoms with E-state index in [0.29, 0.717) is 0 Å². The highest BCUT2D eigenvalue weighted by atomic mass is 16.6. The molecule has 0 bridgehead atoms. The Hall–Kier alpha value is -1.48. The van der Waals surface area contributed by atoms with Gasteiger partial charge >= 0.3 is 5.69 Å². The molecule has 2 rings (SSSR count). The minimum absolute atomic E-state index is 0.393. The van der Waals surface area contributed by atoms with E-state index in [-0.39, 0.29) is 0 Å². The summed E-state index contributed by atoms with van der Waals surface area (Å²) < 4.78 is 11.5. The van der Waals surface area contributed by atoms with Gasteiger partial charge in [0, 0.05) is 19.4 Å². The highest BCUT2D eigenvalue weighted by Crippen LogP contribution is 2.29. The molecule has 0 unspecified atom stereocenters. The number of nitrogens with one attached hydrogen (secondary N) is 1. The Morgan fingerprint density at radius 2 is 2.28 bits per heavy atom. The normalized spacial score (nSPS) is 31.7. The van der Waals surface area contributed by atoms with Crippen LogP contribution in [0.1, 0.15) is 6.23 Å². The maximum atomic E-state index is 11.6. The first-order valence-corrected chi connectivity index (χ1v) is 5.37. The molecule has 1 aliphatic heterocycles. The lowest BCUT2D eigenvalue weighted by Crippen LogP contribution is -2.38. The Kier molecular flexibility index (Phi) is 3.62. The number of ether oxygens (including phenoxy) is 2. The zero-order valence-electron chi connectivity index (χ0n) is 9.65. The van der Waals surface area contributed by atoms with E-state index in [4.69, 9.17) is 14.6 Å². The third-order valence-electron chi connectivity index (χ3n) is 2.89. The summed E-state index contributed by atoms with van der Waals surface area (Å²) in [5.41, 5.74) is -1.19. The standard InChI is InChI=1S/C10H14N2O6/c1-17-8-7(15)5(4-13)18-9(8)12-3-2-6(14)11-10(12)16/h2-3,5,7-9,13,15H,4H2,1H3,(H,11,14,16)/t5-,7+,8+,9+/m1/s1. The fourth-order valence-corrected chi connectivity index (χ4v) is 1.98. The van der Waals surface area contributed by atoms with Crippen LogP contribution in [0.25, 0.3) is 0 Å². The van der Waals surface area contributed by atoms with Crippen molar-refractivity contribution in [2.45, 2.75) is 24.5 Å². The number of hydrogen-bond donors (Lipinski definition) is 3. The smallest absolute Gasteiger partial charge is 0.330 e. The van der Waals surface area contributed by atoms with Gasteiger partial charge in [-0.25, -0.2) is 4.79 Å². The van der Waals surface area contributed by atoms with E-state index in [0.717, 1.165) is 10.6 Å². The van der Waals surface area contributed by atoms with Crippen LogP contribution >= 0.6 is 0 Å². The van der Waals surface area contributed by atoms with Crippen molar-refractivity contribution < 1.29 is 19.7 Å². The molecule has 1 fully saturated rings. The van der Waals surface area contributed by atoms with Crippen LogP contribution in [-0.4, -0.2) is 51.8 Å². The zero-order chi connectivity index (χ0) is 13.3. The average Bonchev–Trinajstić information content (AvgIpc) is 2.65. The summed E-state index contributed by atoms with van der Waals surface area (Å²) in [7, 11) is 1.36. The van der Waals surface area contributed by atoms with Gasteiger partial charge in [0.25, 0.3) is 5.56 Å². The summed E-state index contributed by atoms with van der Waals surface area (Å²) in [6, 6.07) is 1.16. The van der Waals surface area contributed by atoms with Gasteiger partial charge in [0.15, 0.2) is 6.23 Å². The van der Waals surface area contributed by atoms with Crippen LogP contribution in [0.4, 0.5) is 0 Å². The summed E-state index contributed by atoms with van der Waals surface area (Å²) in [6.07, 6.45) is -2.33. The third kappa shape index (κ3) is 2.10. The lowest BCUT2D eigenvalue weighted by molar-refractivity contribution is -0.0625. The minimum atomic E-state index is -1.05. The summed E-state index contributed by atoms with van der Waals surface area (Å²) in [5, 5.41) is 18.9. The molecule has 100 valence electrons. The molecule has 18 heavy (non-hydrogen) atoms. The highest BCUT2D eigenvalue weighted by Gasteiger charge is 2.45. The predicted molar refractivity (Wildman–Crippen MR) is 59.1 cm³/mol. The fourth-order valence-electron chi connectivity index (χ4n) is 1.98. The van der Waals surface area contributed by atoms with Crippen LogP contribution in [0.3, 0.4) is 0 Å². The van der Waals surface area contributed by atoms with Gasteiger partial charge in [0.1, 0.15) is 18.3 Å². The minimum Gasteiger partial charge on any atom is -0.394 e. The van der Waals surface area contributed by atoms with E-state index in [1.165, 1.54) is 13.3 Å². The molecular weight excluding hydrogens is 244 g/mol. The molecule has 0 spiro atoms. The second-order valence-electron chi connectivity index (χ2n) is 3.96. The van der Waals surface area contributed by atoms with Crippen molar-refractivity contribution in [2.75, 3.05) is 13.7 Å². The molecule has 8 heteroatoms. The molecule has 0 aliphatic carbocycles. The van der Waals surface area contributed by atoms with Crippen molar-refractivity contribution in [1.82, 2.24) is 9.55 Å². The summed E-state index contributed by atoms with van der Waals surface area (Å²) in [4.78, 5) is 24.7. The molecule has 0 saturated carbocycles. The number of rotatable bonds is 3. The molecular formula is C10H14N2O6. The topological polar surface area (TPSA) is 114 Å². The van der Waals surface area contributed by atoms with Crippen LogP contribution in [0.5, 0.6) is 0 Å². The molecule has 4 atom stereocenters. The lowest BCUT2D eigenvalue weighted by atomic mass is 10.1. The van der Waals surface area contributed by atoms with Gasteiger partial charge in [-0.3, -0.25) is 14.3 Å². The van der Waals surface area contributed by atoms with Crippen molar-refractivity contribution >= 4 is 0 Å². The van der Waals surface area contributed by atoms with Gasteiger partial charge in [-0.05, 0) is 0 Å². The largest absolute Gasteiger partial charge is 0.394 e. The first-order chi connectivity index (χ1) is 8.58. The SMILES string of the molecule is CO[C@H]1[C@@H](O)[C@@H](CO)O[C@@H]1n1ccc(=O)[nH]c1=O. The Morgan fingerprint density at radius 3 is 2.83 bits per heavy atom. The molecule has 0 aromatic carbocycles. The Labute approximate surface area is 101 Å². The summed E-state index contributed by atoms with van der Waals surface area (Å²) >= 11 is 0. The summed E-state index contributed by atoms with van der Waals surface area (Å²) in [6.45, 7) is -0.393. The zero-order valence-corrected chi connectivity index (χ0v) is 9.65. The van der Waals surface area contributed by atoms with E-state index < -0.39 is 42.4 Å². The van der Waals surface area contributed by atoms with Gasteiger partial charge in [-0.15, -0.1) is 0 Å². The highest BCUT2D eigenvalue weighted by molar-refractivity contribution is 4.93. The second-order valence-corrected chi connectivity index (χ2v) is 3.96. The molecule has 1 saturated heterocycles. The van der Waals surface area contributed by atoms with E-state index in [1.807, 2.05) is 0 Å². The monoisotopic (exact) mass is 258 g/mol. The Balaban J connectivity index is 2.38. The third-order valence-corrected chi connectivity index (χ3v) is 2.89. The van der Waals surface area contributed by atoms with Gasteiger partial charge in [-0.1, -0.05) is 0 Å². The number of hydrogen-bond acceptors (Lipinski definition) is 6. The average molecular weight is 258 g/mol. The number of H-pyrrole nitrogens is 1. The maximum absolute atomic E-state index is 11.6. The van der Waals surface area contributed by atoms with Crippen molar-refractivity contribution in [2.24, 2.45) is 0 Å². The second kappa shape index (κ2) is 5.02. The molecule has 0 amide bonds. The molecule has 1 aromatic rings. The van der Waals surface area contributed by atoms with Crippen molar-refractivity contribution in [3.05, 3.63) is 33.1 Å². The van der Waals surface area contributed by atoms with E-state index in [1.54, 1.807) is 0 Å². The van der Waals surface area contributed by atoms with Gasteiger partial charge in [0.05, 0.1) is 6.61 Å². The molecule has 2 heterocycles. The van der Waals surface area contributed by atoms with Crippen molar-refractivity contribution in [3.63, 3.8) is 0 Å². The molecule has 1 aliphatic rings. The van der Waals surface area contributed by atoms with Crippen LogP contribution in [-0.2, 0) is 9.47 Å². The number of aliphatic hydroxyl groups excluding tert-OH is 2. The number of aromatic amines is 1. The molecule has 0 radical (unpaired) electrons. The van der Waals surface area contributed by atoms with Crippen LogP contribution in [0.2, 0.25) is 0 Å². The lowest BCUT2D eigenvalue weighted by Gasteiger charge is -2.19.